The molecule has 1 heterocycles. The van der Waals surface area contributed by atoms with E-state index in [0.717, 1.165) is 5.69 Å². The van der Waals surface area contributed by atoms with Crippen molar-refractivity contribution in [3.63, 3.8) is 0 Å². The van der Waals surface area contributed by atoms with Crippen LogP contribution in [0, 0.1) is 6.92 Å². The number of rotatable bonds is 3. The fraction of sp³-hybridized carbons (Fsp3) is 0.154. The van der Waals surface area contributed by atoms with Gasteiger partial charge < -0.3 is 10.4 Å². The minimum Gasteiger partial charge on any atom is -0.478 e. The highest BCUT2D eigenvalue weighted by atomic mass is 16.4. The summed E-state index contributed by atoms with van der Waals surface area (Å²) in [4.78, 5) is 22.7. The molecule has 1 aromatic carbocycles. The summed E-state index contributed by atoms with van der Waals surface area (Å²) in [5.41, 5.74) is 1.34. The van der Waals surface area contributed by atoms with E-state index in [0.29, 0.717) is 11.4 Å². The monoisotopic (exact) mass is 259 g/mol. The Morgan fingerprint density at radius 2 is 1.79 bits per heavy atom. The van der Waals surface area contributed by atoms with Gasteiger partial charge in [0.05, 0.1) is 11.3 Å². The average Bonchev–Trinajstić information content (AvgIpc) is 2.68. The van der Waals surface area contributed by atoms with Crippen LogP contribution in [-0.2, 0) is 7.05 Å². The van der Waals surface area contributed by atoms with Crippen molar-refractivity contribution in [1.82, 2.24) is 9.78 Å². The molecule has 0 saturated carbocycles. The minimum atomic E-state index is -1.02. The smallest absolute Gasteiger partial charge is 0.335 e. The molecule has 0 aliphatic carbocycles. The van der Waals surface area contributed by atoms with Crippen LogP contribution >= 0.6 is 0 Å². The Bertz CT molecular complexity index is 629. The van der Waals surface area contributed by atoms with Crippen molar-refractivity contribution < 1.29 is 14.7 Å². The van der Waals surface area contributed by atoms with E-state index >= 15 is 0 Å². The van der Waals surface area contributed by atoms with Crippen LogP contribution in [0.5, 0.6) is 0 Å². The first-order valence-corrected chi connectivity index (χ1v) is 5.62. The molecule has 6 nitrogen and oxygen atoms in total. The van der Waals surface area contributed by atoms with Crippen molar-refractivity contribution in [3.05, 3.63) is 47.2 Å². The molecule has 0 atom stereocenters. The van der Waals surface area contributed by atoms with Crippen LogP contribution in [0.2, 0.25) is 0 Å². The molecule has 2 rings (SSSR count). The summed E-state index contributed by atoms with van der Waals surface area (Å²) in [6, 6.07) is 7.49. The molecule has 0 saturated heterocycles. The second-order valence-electron chi connectivity index (χ2n) is 4.13. The summed E-state index contributed by atoms with van der Waals surface area (Å²) in [6.07, 6.45) is 0. The van der Waals surface area contributed by atoms with E-state index in [2.05, 4.69) is 10.4 Å². The number of carboxylic acid groups (broad SMARTS) is 1. The molecule has 0 unspecified atom stereocenters. The lowest BCUT2D eigenvalue weighted by Gasteiger charge is -2.05. The van der Waals surface area contributed by atoms with Gasteiger partial charge in [0.15, 0.2) is 0 Å². The van der Waals surface area contributed by atoms with Gasteiger partial charge in [-0.2, -0.15) is 5.10 Å². The SMILES string of the molecule is Cc1cc(NC(=O)c2ccc(C(=O)O)cc2)n(C)n1. The zero-order chi connectivity index (χ0) is 14.0. The Kier molecular flexibility index (Phi) is 3.33. The summed E-state index contributed by atoms with van der Waals surface area (Å²) >= 11 is 0. The molecule has 0 fully saturated rings. The number of aromatic carboxylic acids is 1. The first kappa shape index (κ1) is 12.8. The van der Waals surface area contributed by atoms with Crippen molar-refractivity contribution in [2.75, 3.05) is 5.32 Å². The number of nitrogens with zero attached hydrogens (tertiary/aromatic N) is 2. The second kappa shape index (κ2) is 4.93. The van der Waals surface area contributed by atoms with E-state index in [1.807, 2.05) is 6.92 Å². The molecule has 1 amide bonds. The van der Waals surface area contributed by atoms with E-state index in [9.17, 15) is 9.59 Å². The van der Waals surface area contributed by atoms with Crippen LogP contribution in [0.1, 0.15) is 26.4 Å². The lowest BCUT2D eigenvalue weighted by molar-refractivity contribution is 0.0696. The zero-order valence-electron chi connectivity index (χ0n) is 10.5. The number of carbonyl (C=O) groups excluding carboxylic acids is 1. The van der Waals surface area contributed by atoms with Gasteiger partial charge in [-0.3, -0.25) is 9.48 Å². The predicted molar refractivity (Wildman–Crippen MR) is 69.3 cm³/mol. The predicted octanol–water partition coefficient (Wildman–Crippen LogP) is 1.68. The highest BCUT2D eigenvalue weighted by Crippen LogP contribution is 2.11. The van der Waals surface area contributed by atoms with Crippen LogP contribution in [0.4, 0.5) is 5.82 Å². The number of carbonyl (C=O) groups is 2. The largest absolute Gasteiger partial charge is 0.478 e. The number of nitrogens with one attached hydrogen (secondary N) is 1. The topological polar surface area (TPSA) is 84.2 Å². The van der Waals surface area contributed by atoms with Crippen LogP contribution in [0.3, 0.4) is 0 Å². The van der Waals surface area contributed by atoms with Gasteiger partial charge in [0, 0.05) is 18.7 Å². The van der Waals surface area contributed by atoms with Gasteiger partial charge in [-0.25, -0.2) is 4.79 Å². The van der Waals surface area contributed by atoms with Crippen LogP contribution in [0.25, 0.3) is 0 Å². The third kappa shape index (κ3) is 2.79. The summed E-state index contributed by atoms with van der Waals surface area (Å²) in [5, 5.41) is 15.6. The normalized spacial score (nSPS) is 10.2. The van der Waals surface area contributed by atoms with Crippen molar-refractivity contribution in [2.45, 2.75) is 6.92 Å². The summed E-state index contributed by atoms with van der Waals surface area (Å²) in [5.74, 6) is -0.737. The Hall–Kier alpha value is -2.63. The molecule has 0 spiro atoms. The second-order valence-corrected chi connectivity index (χ2v) is 4.13. The summed E-state index contributed by atoms with van der Waals surface area (Å²) in [7, 11) is 1.73. The third-order valence-electron chi connectivity index (χ3n) is 2.64. The fourth-order valence-electron chi connectivity index (χ4n) is 1.68. The maximum Gasteiger partial charge on any atom is 0.335 e. The first-order chi connectivity index (χ1) is 8.97. The molecule has 2 aromatic rings. The van der Waals surface area contributed by atoms with Gasteiger partial charge in [-0.15, -0.1) is 0 Å². The van der Waals surface area contributed by atoms with Gasteiger partial charge in [-0.1, -0.05) is 0 Å². The minimum absolute atomic E-state index is 0.146. The molecule has 1 aromatic heterocycles. The number of amides is 1. The molecule has 0 aliphatic rings. The van der Waals surface area contributed by atoms with Crippen molar-refractivity contribution in [2.24, 2.45) is 7.05 Å². The van der Waals surface area contributed by atoms with Gasteiger partial charge in [0.2, 0.25) is 0 Å². The highest BCUT2D eigenvalue weighted by molar-refractivity contribution is 6.04. The zero-order valence-corrected chi connectivity index (χ0v) is 10.5. The number of hydrogen-bond donors (Lipinski definition) is 2. The van der Waals surface area contributed by atoms with Crippen LogP contribution in [-0.4, -0.2) is 26.8 Å². The van der Waals surface area contributed by atoms with Gasteiger partial charge >= 0.3 is 5.97 Å². The number of aromatic nitrogens is 2. The lowest BCUT2D eigenvalue weighted by atomic mass is 10.1. The van der Waals surface area contributed by atoms with E-state index < -0.39 is 5.97 Å². The van der Waals surface area contributed by atoms with Crippen molar-refractivity contribution in [3.8, 4) is 0 Å². The number of hydrogen-bond acceptors (Lipinski definition) is 3. The molecular weight excluding hydrogens is 246 g/mol. The molecule has 98 valence electrons. The maximum atomic E-state index is 12.0. The third-order valence-corrected chi connectivity index (χ3v) is 2.64. The van der Waals surface area contributed by atoms with E-state index in [-0.39, 0.29) is 11.5 Å². The standard InChI is InChI=1S/C13H13N3O3/c1-8-7-11(16(2)15-8)14-12(17)9-3-5-10(6-4-9)13(18)19/h3-7H,1-2H3,(H,14,17)(H,18,19). The number of anilines is 1. The molecule has 0 bridgehead atoms. The summed E-state index contributed by atoms with van der Waals surface area (Å²) in [6.45, 7) is 1.83. The number of aryl methyl sites for hydroxylation is 2. The van der Waals surface area contributed by atoms with Gasteiger partial charge in [-0.05, 0) is 31.2 Å². The van der Waals surface area contributed by atoms with Gasteiger partial charge in [0.1, 0.15) is 5.82 Å². The quantitative estimate of drug-likeness (QED) is 0.878. The first-order valence-electron chi connectivity index (χ1n) is 5.62. The van der Waals surface area contributed by atoms with E-state index in [1.54, 1.807) is 17.8 Å². The fourth-order valence-corrected chi connectivity index (χ4v) is 1.68. The summed E-state index contributed by atoms with van der Waals surface area (Å²) < 4.78 is 1.57. The van der Waals surface area contributed by atoms with Crippen molar-refractivity contribution >= 4 is 17.7 Å². The molecule has 6 heteroatoms. The van der Waals surface area contributed by atoms with Gasteiger partial charge in [0.25, 0.3) is 5.91 Å². The number of carboxylic acids is 1. The number of benzene rings is 1. The van der Waals surface area contributed by atoms with Crippen LogP contribution in [0.15, 0.2) is 30.3 Å². The Morgan fingerprint density at radius 3 is 2.26 bits per heavy atom. The Morgan fingerprint density at radius 1 is 1.21 bits per heavy atom. The lowest BCUT2D eigenvalue weighted by Crippen LogP contribution is -2.14. The Labute approximate surface area is 109 Å². The van der Waals surface area contributed by atoms with Crippen LogP contribution < -0.4 is 5.32 Å². The van der Waals surface area contributed by atoms with E-state index in [4.69, 9.17) is 5.11 Å². The van der Waals surface area contributed by atoms with Crippen molar-refractivity contribution in [1.29, 1.82) is 0 Å². The molecular formula is C13H13N3O3. The van der Waals surface area contributed by atoms with E-state index in [1.165, 1.54) is 24.3 Å². The maximum absolute atomic E-state index is 12.0. The molecule has 0 aliphatic heterocycles. The average molecular weight is 259 g/mol. The Balaban J connectivity index is 2.16. The molecule has 2 N–H and O–H groups in total. The highest BCUT2D eigenvalue weighted by Gasteiger charge is 2.10. The molecule has 19 heavy (non-hydrogen) atoms. The molecule has 0 radical (unpaired) electrons.